The lowest BCUT2D eigenvalue weighted by Crippen LogP contribution is -2.30. The fraction of sp³-hybridized carbons (Fsp3) is 0.550. The molecule has 1 aromatic heterocycles. The molecule has 6 heteroatoms. The number of rotatable bonds is 6. The molecule has 3 rings (SSSR count). The topological polar surface area (TPSA) is 63.4 Å². The fourth-order valence-corrected chi connectivity index (χ4v) is 5.11. The Kier molecular flexibility index (Phi) is 5.53. The van der Waals surface area contributed by atoms with E-state index in [-0.39, 0.29) is 12.0 Å². The molecule has 1 atom stereocenters. The highest BCUT2D eigenvalue weighted by molar-refractivity contribution is 7.89. The van der Waals surface area contributed by atoms with Crippen LogP contribution in [0, 0.1) is 5.92 Å². The van der Waals surface area contributed by atoms with Gasteiger partial charge in [0.15, 0.2) is 5.76 Å². The van der Waals surface area contributed by atoms with Gasteiger partial charge in [-0.25, -0.2) is 8.42 Å². The summed E-state index contributed by atoms with van der Waals surface area (Å²) in [6.07, 6.45) is 2.53. The monoisotopic (exact) mass is 376 g/mol. The summed E-state index contributed by atoms with van der Waals surface area (Å²) in [5, 5.41) is 4.09. The van der Waals surface area contributed by atoms with Gasteiger partial charge >= 0.3 is 0 Å². The molecule has 26 heavy (non-hydrogen) atoms. The van der Waals surface area contributed by atoms with Crippen LogP contribution >= 0.6 is 0 Å². The molecule has 0 bridgehead atoms. The molecule has 142 valence electrons. The molecule has 0 saturated carbocycles. The van der Waals surface area contributed by atoms with Gasteiger partial charge < -0.3 is 4.52 Å². The number of sulfonamides is 1. The third-order valence-electron chi connectivity index (χ3n) is 4.84. The molecule has 0 unspecified atom stereocenters. The smallest absolute Gasteiger partial charge is 0.243 e. The van der Waals surface area contributed by atoms with Crippen LogP contribution in [0.5, 0.6) is 0 Å². The van der Waals surface area contributed by atoms with Gasteiger partial charge in [0.05, 0.1) is 16.6 Å². The molecule has 0 N–H and O–H groups in total. The quantitative estimate of drug-likeness (QED) is 0.743. The SMILES string of the molecule is CC(C)Cc1ccc(S(=O)(=O)N2CCC[C@@H]2c2cc(C(C)C)no2)cc1. The minimum absolute atomic E-state index is 0.257. The van der Waals surface area contributed by atoms with Gasteiger partial charge in [0.2, 0.25) is 10.0 Å². The lowest BCUT2D eigenvalue weighted by Gasteiger charge is -2.22. The van der Waals surface area contributed by atoms with Crippen LogP contribution < -0.4 is 0 Å². The molecule has 2 aromatic rings. The van der Waals surface area contributed by atoms with Crippen LogP contribution in [0.2, 0.25) is 0 Å². The second-order valence-corrected chi connectivity index (χ2v) is 9.72. The van der Waals surface area contributed by atoms with Gasteiger partial charge in [-0.2, -0.15) is 4.31 Å². The number of hydrogen-bond acceptors (Lipinski definition) is 4. The molecule has 0 radical (unpaired) electrons. The molecule has 1 aromatic carbocycles. The fourth-order valence-electron chi connectivity index (χ4n) is 3.45. The van der Waals surface area contributed by atoms with Crippen LogP contribution in [0.3, 0.4) is 0 Å². The second kappa shape index (κ2) is 7.53. The Morgan fingerprint density at radius 3 is 2.46 bits per heavy atom. The Bertz CT molecular complexity index is 838. The van der Waals surface area contributed by atoms with E-state index in [0.717, 1.165) is 30.5 Å². The predicted octanol–water partition coefficient (Wildman–Crippen LogP) is 4.52. The average Bonchev–Trinajstić information content (AvgIpc) is 3.24. The largest absolute Gasteiger partial charge is 0.359 e. The first-order valence-electron chi connectivity index (χ1n) is 9.36. The molecule has 0 aliphatic carbocycles. The van der Waals surface area contributed by atoms with E-state index in [9.17, 15) is 8.42 Å². The zero-order valence-electron chi connectivity index (χ0n) is 16.0. The molecule has 2 heterocycles. The highest BCUT2D eigenvalue weighted by Crippen LogP contribution is 2.37. The van der Waals surface area contributed by atoms with E-state index in [1.54, 1.807) is 16.4 Å². The zero-order valence-corrected chi connectivity index (χ0v) is 16.8. The summed E-state index contributed by atoms with van der Waals surface area (Å²) in [7, 11) is -3.55. The van der Waals surface area contributed by atoms with E-state index in [1.807, 2.05) is 32.0 Å². The van der Waals surface area contributed by atoms with Gasteiger partial charge in [-0.3, -0.25) is 0 Å². The van der Waals surface area contributed by atoms with Crippen molar-refractivity contribution in [3.63, 3.8) is 0 Å². The van der Waals surface area contributed by atoms with E-state index >= 15 is 0 Å². The Balaban J connectivity index is 1.85. The van der Waals surface area contributed by atoms with E-state index < -0.39 is 10.0 Å². The van der Waals surface area contributed by atoms with Crippen LogP contribution in [-0.4, -0.2) is 24.4 Å². The van der Waals surface area contributed by atoms with Gasteiger partial charge in [0, 0.05) is 12.6 Å². The highest BCUT2D eigenvalue weighted by atomic mass is 32.2. The van der Waals surface area contributed by atoms with Crippen LogP contribution in [0.25, 0.3) is 0 Å². The highest BCUT2D eigenvalue weighted by Gasteiger charge is 2.38. The minimum atomic E-state index is -3.55. The van der Waals surface area contributed by atoms with Crippen molar-refractivity contribution < 1.29 is 12.9 Å². The molecule has 0 spiro atoms. The van der Waals surface area contributed by atoms with Crippen molar-refractivity contribution in [2.24, 2.45) is 5.92 Å². The molecule has 1 aliphatic heterocycles. The summed E-state index contributed by atoms with van der Waals surface area (Å²) in [6.45, 7) is 8.91. The molecule has 1 fully saturated rings. The second-order valence-electron chi connectivity index (χ2n) is 7.82. The van der Waals surface area contributed by atoms with Crippen molar-refractivity contribution in [2.75, 3.05) is 6.54 Å². The van der Waals surface area contributed by atoms with Gasteiger partial charge in [-0.1, -0.05) is 45.0 Å². The van der Waals surface area contributed by atoms with Crippen molar-refractivity contribution in [2.45, 2.75) is 63.8 Å². The summed E-state index contributed by atoms with van der Waals surface area (Å²) in [6, 6.07) is 8.92. The average molecular weight is 377 g/mol. The van der Waals surface area contributed by atoms with Crippen molar-refractivity contribution in [3.05, 3.63) is 47.3 Å². The molecule has 5 nitrogen and oxygen atoms in total. The molecule has 0 amide bonds. The van der Waals surface area contributed by atoms with Crippen molar-refractivity contribution in [3.8, 4) is 0 Å². The Labute approximate surface area is 156 Å². The number of benzene rings is 1. The van der Waals surface area contributed by atoms with Crippen LogP contribution in [-0.2, 0) is 16.4 Å². The van der Waals surface area contributed by atoms with E-state index in [4.69, 9.17) is 4.52 Å². The van der Waals surface area contributed by atoms with E-state index in [1.165, 1.54) is 0 Å². The van der Waals surface area contributed by atoms with Crippen LogP contribution in [0.15, 0.2) is 39.8 Å². The van der Waals surface area contributed by atoms with Crippen molar-refractivity contribution >= 4 is 10.0 Å². The summed E-state index contributed by atoms with van der Waals surface area (Å²) < 4.78 is 33.4. The summed E-state index contributed by atoms with van der Waals surface area (Å²) in [4.78, 5) is 0.348. The van der Waals surface area contributed by atoms with Crippen molar-refractivity contribution in [1.29, 1.82) is 0 Å². The standard InChI is InChI=1S/C20H28N2O3S/c1-14(2)12-16-7-9-17(10-8-16)26(23,24)22-11-5-6-19(22)20-13-18(15(3)4)21-25-20/h7-10,13-15,19H,5-6,11-12H2,1-4H3/t19-/m1/s1. The third-order valence-corrected chi connectivity index (χ3v) is 6.77. The summed E-state index contributed by atoms with van der Waals surface area (Å²) in [5.74, 6) is 1.45. The number of hydrogen-bond donors (Lipinski definition) is 0. The Morgan fingerprint density at radius 2 is 1.88 bits per heavy atom. The third kappa shape index (κ3) is 3.86. The lowest BCUT2D eigenvalue weighted by atomic mass is 10.0. The van der Waals surface area contributed by atoms with Gasteiger partial charge in [-0.05, 0) is 48.8 Å². The zero-order chi connectivity index (χ0) is 18.9. The Hall–Kier alpha value is -1.66. The van der Waals surface area contributed by atoms with Gasteiger partial charge in [0.1, 0.15) is 0 Å². The Morgan fingerprint density at radius 1 is 1.19 bits per heavy atom. The number of aromatic nitrogens is 1. The molecular weight excluding hydrogens is 348 g/mol. The summed E-state index contributed by atoms with van der Waals surface area (Å²) in [5.41, 5.74) is 2.02. The lowest BCUT2D eigenvalue weighted by molar-refractivity contribution is 0.295. The van der Waals surface area contributed by atoms with Gasteiger partial charge in [0.25, 0.3) is 0 Å². The molecule has 1 saturated heterocycles. The summed E-state index contributed by atoms with van der Waals surface area (Å²) >= 11 is 0. The van der Waals surface area contributed by atoms with Crippen molar-refractivity contribution in [1.82, 2.24) is 9.46 Å². The van der Waals surface area contributed by atoms with E-state index in [2.05, 4.69) is 19.0 Å². The normalized spacial score (nSPS) is 18.9. The maximum absolute atomic E-state index is 13.2. The first kappa shape index (κ1) is 19.1. The van der Waals surface area contributed by atoms with Crippen LogP contribution in [0.4, 0.5) is 0 Å². The predicted molar refractivity (Wildman–Crippen MR) is 101 cm³/mol. The maximum atomic E-state index is 13.2. The molecule has 1 aliphatic rings. The molecular formula is C20H28N2O3S. The minimum Gasteiger partial charge on any atom is -0.359 e. The maximum Gasteiger partial charge on any atom is 0.243 e. The first-order valence-corrected chi connectivity index (χ1v) is 10.8. The van der Waals surface area contributed by atoms with Crippen LogP contribution in [0.1, 0.15) is 69.5 Å². The van der Waals surface area contributed by atoms with Gasteiger partial charge in [-0.15, -0.1) is 0 Å². The number of nitrogens with zero attached hydrogens (tertiary/aromatic N) is 2. The first-order chi connectivity index (χ1) is 12.3. The van der Waals surface area contributed by atoms with E-state index in [0.29, 0.717) is 23.1 Å².